The van der Waals surface area contributed by atoms with Crippen molar-refractivity contribution in [2.75, 3.05) is 13.1 Å². The first-order valence-electron chi connectivity index (χ1n) is 10.9. The molecular weight excluding hydrogens is 456 g/mol. The van der Waals surface area contributed by atoms with E-state index in [-0.39, 0.29) is 13.2 Å². The van der Waals surface area contributed by atoms with Crippen LogP contribution in [0.2, 0.25) is 0 Å². The number of alkyl carbamates (subject to hydrolysis) is 1. The molecule has 0 aromatic heterocycles. The molecule has 0 spiro atoms. The van der Waals surface area contributed by atoms with Crippen LogP contribution in [0.3, 0.4) is 0 Å². The van der Waals surface area contributed by atoms with E-state index in [1.54, 1.807) is 75.4 Å². The normalized spacial score (nSPS) is 11.6. The number of benzene rings is 2. The minimum Gasteiger partial charge on any atom is -0.480 e. The molecule has 10 heteroatoms. The van der Waals surface area contributed by atoms with Crippen molar-refractivity contribution in [2.24, 2.45) is 0 Å². The molecule has 0 saturated heterocycles. The zero-order chi connectivity index (χ0) is 25.8. The Hall–Kier alpha value is -4.08. The highest BCUT2D eigenvalue weighted by molar-refractivity contribution is 5.82. The van der Waals surface area contributed by atoms with Gasteiger partial charge in [0.1, 0.15) is 31.4 Å². The lowest BCUT2D eigenvalue weighted by atomic mass is 10.2. The average Bonchev–Trinajstić information content (AvgIpc) is 2.80. The van der Waals surface area contributed by atoms with Gasteiger partial charge in [-0.15, -0.1) is 0 Å². The zero-order valence-corrected chi connectivity index (χ0v) is 19.9. The Morgan fingerprint density at radius 3 is 1.89 bits per heavy atom. The number of carbonyl (C=O) groups is 4. The molecule has 0 fully saturated rings. The molecule has 0 aliphatic heterocycles. The van der Waals surface area contributed by atoms with Crippen LogP contribution in [-0.4, -0.2) is 58.9 Å². The van der Waals surface area contributed by atoms with Gasteiger partial charge in [0.15, 0.2) is 0 Å². The second kappa shape index (κ2) is 13.0. The molecule has 35 heavy (non-hydrogen) atoms. The van der Waals surface area contributed by atoms with Gasteiger partial charge in [-0.2, -0.15) is 0 Å². The van der Waals surface area contributed by atoms with Gasteiger partial charge >= 0.3 is 24.1 Å². The van der Waals surface area contributed by atoms with Crippen molar-refractivity contribution in [1.29, 1.82) is 0 Å². The number of esters is 1. The maximum Gasteiger partial charge on any atom is 0.410 e. The molecular formula is C25H30N2O8. The lowest BCUT2D eigenvalue weighted by molar-refractivity contribution is -0.147. The van der Waals surface area contributed by atoms with Crippen LogP contribution in [0, 0.1) is 0 Å². The molecule has 1 atom stereocenters. The van der Waals surface area contributed by atoms with Crippen LogP contribution in [0.15, 0.2) is 60.7 Å². The third kappa shape index (κ3) is 10.6. The number of nitrogens with one attached hydrogen (secondary N) is 1. The molecule has 2 rings (SSSR count). The Balaban J connectivity index is 2.03. The number of rotatable bonds is 10. The van der Waals surface area contributed by atoms with E-state index in [1.165, 1.54) is 0 Å². The Morgan fingerprint density at radius 1 is 0.886 bits per heavy atom. The van der Waals surface area contributed by atoms with Crippen LogP contribution in [-0.2, 0) is 37.0 Å². The quantitative estimate of drug-likeness (QED) is 0.386. The lowest BCUT2D eigenvalue weighted by Crippen LogP contribution is -2.52. The van der Waals surface area contributed by atoms with Crippen LogP contribution in [0.4, 0.5) is 9.59 Å². The van der Waals surface area contributed by atoms with Crippen molar-refractivity contribution in [3.63, 3.8) is 0 Å². The van der Waals surface area contributed by atoms with Crippen LogP contribution in [0.25, 0.3) is 0 Å². The lowest BCUT2D eigenvalue weighted by Gasteiger charge is -2.28. The van der Waals surface area contributed by atoms with Gasteiger partial charge in [0.2, 0.25) is 0 Å². The molecule has 0 aliphatic rings. The zero-order valence-electron chi connectivity index (χ0n) is 19.9. The van der Waals surface area contributed by atoms with E-state index >= 15 is 0 Å². The molecule has 0 aliphatic carbocycles. The summed E-state index contributed by atoms with van der Waals surface area (Å²) in [6.07, 6.45) is -1.92. The second-order valence-corrected chi connectivity index (χ2v) is 8.60. The second-order valence-electron chi connectivity index (χ2n) is 8.60. The molecule has 2 aromatic rings. The van der Waals surface area contributed by atoms with Gasteiger partial charge in [0, 0.05) is 0 Å². The maximum absolute atomic E-state index is 12.7. The van der Waals surface area contributed by atoms with Crippen molar-refractivity contribution in [3.05, 3.63) is 71.8 Å². The summed E-state index contributed by atoms with van der Waals surface area (Å²) < 4.78 is 15.6. The summed E-state index contributed by atoms with van der Waals surface area (Å²) in [5, 5.41) is 11.8. The van der Waals surface area contributed by atoms with Gasteiger partial charge in [0.05, 0.1) is 6.54 Å². The summed E-state index contributed by atoms with van der Waals surface area (Å²) in [4.78, 5) is 49.9. The van der Waals surface area contributed by atoms with Gasteiger partial charge in [-0.05, 0) is 31.9 Å². The van der Waals surface area contributed by atoms with E-state index in [1.807, 2.05) is 6.07 Å². The molecule has 2 amide bonds. The van der Waals surface area contributed by atoms with Gasteiger partial charge in [-0.25, -0.2) is 14.4 Å². The van der Waals surface area contributed by atoms with Crippen molar-refractivity contribution < 1.29 is 38.5 Å². The molecule has 0 radical (unpaired) electrons. The minimum absolute atomic E-state index is 0.0196. The number of amides is 2. The minimum atomic E-state index is -1.56. The Labute approximate surface area is 203 Å². The number of nitrogens with zero attached hydrogens (tertiary/aromatic N) is 1. The van der Waals surface area contributed by atoms with Crippen molar-refractivity contribution in [1.82, 2.24) is 10.2 Å². The largest absolute Gasteiger partial charge is 0.480 e. The molecule has 2 N–H and O–H groups in total. The molecule has 0 heterocycles. The van der Waals surface area contributed by atoms with E-state index in [9.17, 15) is 24.3 Å². The van der Waals surface area contributed by atoms with E-state index < -0.39 is 48.9 Å². The van der Waals surface area contributed by atoms with Gasteiger partial charge in [-0.1, -0.05) is 60.7 Å². The Bertz CT molecular complexity index is 990. The van der Waals surface area contributed by atoms with Gasteiger partial charge < -0.3 is 24.6 Å². The highest BCUT2D eigenvalue weighted by atomic mass is 16.6. The third-order valence-corrected chi connectivity index (χ3v) is 4.42. The predicted molar refractivity (Wildman–Crippen MR) is 125 cm³/mol. The first-order chi connectivity index (χ1) is 16.5. The summed E-state index contributed by atoms with van der Waals surface area (Å²) in [7, 11) is 0. The fraction of sp³-hybridized carbons (Fsp3) is 0.360. The highest BCUT2D eigenvalue weighted by Gasteiger charge is 2.31. The van der Waals surface area contributed by atoms with Crippen LogP contribution < -0.4 is 5.32 Å². The standard InChI is InChI=1S/C25H30N2O8/c1-25(2,3)35-24(32)27(15-21(28)33-16-18-10-6-4-7-11-18)14-20(22(29)30)26-23(31)34-17-19-12-8-5-9-13-19/h4-13,20H,14-17H2,1-3H3,(H,26,31)(H,29,30)/t20-/m1/s1. The van der Waals surface area contributed by atoms with Crippen molar-refractivity contribution in [2.45, 2.75) is 45.6 Å². The molecule has 10 nitrogen and oxygen atoms in total. The van der Waals surface area contributed by atoms with E-state index in [4.69, 9.17) is 14.2 Å². The molecule has 2 aromatic carbocycles. The summed E-state index contributed by atoms with van der Waals surface area (Å²) in [6.45, 7) is 3.67. The number of hydrogen-bond donors (Lipinski definition) is 2. The number of carboxylic acids is 1. The maximum atomic E-state index is 12.7. The molecule has 0 unspecified atom stereocenters. The number of carboxylic acid groups (broad SMARTS) is 1. The van der Waals surface area contributed by atoms with Crippen molar-refractivity contribution >= 4 is 24.1 Å². The summed E-state index contributed by atoms with van der Waals surface area (Å²) in [5.41, 5.74) is 0.561. The number of aliphatic carboxylic acids is 1. The van der Waals surface area contributed by atoms with Crippen LogP contribution in [0.1, 0.15) is 31.9 Å². The van der Waals surface area contributed by atoms with Crippen LogP contribution >= 0.6 is 0 Å². The predicted octanol–water partition coefficient (Wildman–Crippen LogP) is 3.35. The number of ether oxygens (including phenoxy) is 3. The highest BCUT2D eigenvalue weighted by Crippen LogP contribution is 2.11. The number of hydrogen-bond acceptors (Lipinski definition) is 7. The SMILES string of the molecule is CC(C)(C)OC(=O)N(CC(=O)OCc1ccccc1)C[C@@H](NC(=O)OCc1ccccc1)C(=O)O. The Morgan fingerprint density at radius 2 is 1.40 bits per heavy atom. The smallest absolute Gasteiger partial charge is 0.410 e. The fourth-order valence-corrected chi connectivity index (χ4v) is 2.78. The summed E-state index contributed by atoms with van der Waals surface area (Å²) in [6, 6.07) is 16.2. The molecule has 0 bridgehead atoms. The fourth-order valence-electron chi connectivity index (χ4n) is 2.78. The molecule has 0 saturated carbocycles. The Kier molecular flexibility index (Phi) is 10.1. The first kappa shape index (κ1) is 27.2. The summed E-state index contributed by atoms with van der Waals surface area (Å²) in [5.74, 6) is -2.19. The average molecular weight is 487 g/mol. The van der Waals surface area contributed by atoms with Crippen molar-refractivity contribution in [3.8, 4) is 0 Å². The topological polar surface area (TPSA) is 131 Å². The molecule has 188 valence electrons. The monoisotopic (exact) mass is 486 g/mol. The first-order valence-corrected chi connectivity index (χ1v) is 10.9. The summed E-state index contributed by atoms with van der Waals surface area (Å²) >= 11 is 0. The van der Waals surface area contributed by atoms with E-state index in [2.05, 4.69) is 5.32 Å². The number of carbonyl (C=O) groups excluding carboxylic acids is 3. The van der Waals surface area contributed by atoms with Crippen LogP contribution in [0.5, 0.6) is 0 Å². The van der Waals surface area contributed by atoms with E-state index in [0.717, 1.165) is 10.5 Å². The third-order valence-electron chi connectivity index (χ3n) is 4.42. The van der Waals surface area contributed by atoms with Gasteiger partial charge in [-0.3, -0.25) is 9.69 Å². The van der Waals surface area contributed by atoms with Gasteiger partial charge in [0.25, 0.3) is 0 Å². The van der Waals surface area contributed by atoms with E-state index in [0.29, 0.717) is 5.56 Å².